The van der Waals surface area contributed by atoms with Gasteiger partial charge in [0, 0.05) is 18.1 Å². The number of aromatic nitrogens is 3. The molecule has 0 spiro atoms. The fourth-order valence-corrected chi connectivity index (χ4v) is 2.96. The second-order valence-electron chi connectivity index (χ2n) is 6.11. The number of nitriles is 1. The van der Waals surface area contributed by atoms with Gasteiger partial charge in [-0.05, 0) is 54.1 Å². The van der Waals surface area contributed by atoms with E-state index in [0.29, 0.717) is 22.3 Å². The molecule has 0 aliphatic carbocycles. The highest BCUT2D eigenvalue weighted by Gasteiger charge is 2.14. The largest absolute Gasteiger partial charge is 0.348 e. The number of pyridine rings is 1. The Hall–Kier alpha value is -4.05. The molecule has 0 saturated carbocycles. The Kier molecular flexibility index (Phi) is 4.52. The van der Waals surface area contributed by atoms with Crippen LogP contribution < -0.4 is 5.32 Å². The maximum atomic E-state index is 13.2. The summed E-state index contributed by atoms with van der Waals surface area (Å²) in [5.41, 5.74) is 3.02. The van der Waals surface area contributed by atoms with Gasteiger partial charge in [0.15, 0.2) is 0 Å². The van der Waals surface area contributed by atoms with Crippen molar-refractivity contribution in [3.8, 4) is 11.8 Å². The number of hydrogen-bond acceptors (Lipinski definition) is 4. The number of amides is 1. The zero-order chi connectivity index (χ0) is 19.5. The zero-order valence-electron chi connectivity index (χ0n) is 14.6. The van der Waals surface area contributed by atoms with Crippen molar-refractivity contribution in [2.45, 2.75) is 6.54 Å². The standard InChI is InChI=1S/C21H14FN5O/c22-15-4-6-17(7-5-15)27-20-3-1-2-18(19(20)13-26-27)21(28)25-12-14-8-9-24-16(10-14)11-23/h1-10,13H,12H2,(H,25,28). The Balaban J connectivity index is 1.61. The summed E-state index contributed by atoms with van der Waals surface area (Å²) in [6.45, 7) is 0.276. The van der Waals surface area contributed by atoms with Crippen LogP contribution in [0.4, 0.5) is 4.39 Å². The molecule has 28 heavy (non-hydrogen) atoms. The van der Waals surface area contributed by atoms with Crippen LogP contribution >= 0.6 is 0 Å². The first-order chi connectivity index (χ1) is 13.7. The van der Waals surface area contributed by atoms with Crippen LogP contribution in [0.5, 0.6) is 0 Å². The summed E-state index contributed by atoms with van der Waals surface area (Å²) < 4.78 is 14.8. The Morgan fingerprint density at radius 1 is 1.18 bits per heavy atom. The summed E-state index contributed by atoms with van der Waals surface area (Å²) in [7, 11) is 0. The van der Waals surface area contributed by atoms with Gasteiger partial charge in [0.05, 0.1) is 23.0 Å². The highest BCUT2D eigenvalue weighted by atomic mass is 19.1. The number of nitrogens with zero attached hydrogens (tertiary/aromatic N) is 4. The number of hydrogen-bond donors (Lipinski definition) is 1. The van der Waals surface area contributed by atoms with Gasteiger partial charge in [-0.15, -0.1) is 0 Å². The number of nitrogens with one attached hydrogen (secondary N) is 1. The van der Waals surface area contributed by atoms with E-state index < -0.39 is 0 Å². The van der Waals surface area contributed by atoms with Gasteiger partial charge in [-0.2, -0.15) is 10.4 Å². The summed E-state index contributed by atoms with van der Waals surface area (Å²) in [4.78, 5) is 16.6. The van der Waals surface area contributed by atoms with E-state index in [4.69, 9.17) is 5.26 Å². The Morgan fingerprint density at radius 2 is 2.00 bits per heavy atom. The van der Waals surface area contributed by atoms with E-state index in [1.54, 1.807) is 47.3 Å². The molecule has 136 valence electrons. The Bertz CT molecular complexity index is 1210. The third-order valence-corrected chi connectivity index (χ3v) is 4.32. The smallest absolute Gasteiger partial charge is 0.252 e. The molecule has 7 heteroatoms. The molecule has 2 aromatic heterocycles. The van der Waals surface area contributed by atoms with Crippen molar-refractivity contribution in [1.82, 2.24) is 20.1 Å². The maximum Gasteiger partial charge on any atom is 0.252 e. The van der Waals surface area contributed by atoms with Crippen LogP contribution in [0.25, 0.3) is 16.6 Å². The number of halogens is 1. The molecule has 4 aromatic rings. The van der Waals surface area contributed by atoms with Crippen molar-refractivity contribution in [2.75, 3.05) is 0 Å². The first-order valence-corrected chi connectivity index (χ1v) is 8.51. The van der Waals surface area contributed by atoms with E-state index in [9.17, 15) is 9.18 Å². The van der Waals surface area contributed by atoms with Gasteiger partial charge in [-0.25, -0.2) is 14.1 Å². The highest BCUT2D eigenvalue weighted by Crippen LogP contribution is 2.22. The number of benzene rings is 2. The van der Waals surface area contributed by atoms with Crippen molar-refractivity contribution in [1.29, 1.82) is 5.26 Å². The van der Waals surface area contributed by atoms with Crippen molar-refractivity contribution in [3.63, 3.8) is 0 Å². The lowest BCUT2D eigenvalue weighted by molar-refractivity contribution is 0.0952. The van der Waals surface area contributed by atoms with E-state index in [-0.39, 0.29) is 18.3 Å². The van der Waals surface area contributed by atoms with Gasteiger partial charge >= 0.3 is 0 Å². The Morgan fingerprint density at radius 3 is 2.79 bits per heavy atom. The molecular formula is C21H14FN5O. The molecule has 0 atom stereocenters. The molecule has 0 fully saturated rings. The van der Waals surface area contributed by atoms with Gasteiger partial charge in [0.2, 0.25) is 0 Å². The molecule has 0 bridgehead atoms. The molecule has 0 aliphatic heterocycles. The van der Waals surface area contributed by atoms with Gasteiger partial charge in [-0.3, -0.25) is 4.79 Å². The van der Waals surface area contributed by atoms with E-state index in [0.717, 1.165) is 11.1 Å². The van der Waals surface area contributed by atoms with Crippen LogP contribution in [-0.2, 0) is 6.54 Å². The quantitative estimate of drug-likeness (QED) is 0.596. The van der Waals surface area contributed by atoms with Crippen LogP contribution in [0.15, 0.2) is 67.0 Å². The fourth-order valence-electron chi connectivity index (χ4n) is 2.96. The predicted molar refractivity (Wildman–Crippen MR) is 101 cm³/mol. The van der Waals surface area contributed by atoms with Crippen LogP contribution in [-0.4, -0.2) is 20.7 Å². The SMILES string of the molecule is N#Cc1cc(CNC(=O)c2cccc3c2cnn3-c2ccc(F)cc2)ccn1. The molecule has 1 amide bonds. The minimum atomic E-state index is -0.323. The lowest BCUT2D eigenvalue weighted by Crippen LogP contribution is -2.23. The highest BCUT2D eigenvalue weighted by molar-refractivity contribution is 6.06. The van der Waals surface area contributed by atoms with E-state index >= 15 is 0 Å². The normalized spacial score (nSPS) is 10.6. The molecule has 0 saturated heterocycles. The van der Waals surface area contributed by atoms with Crippen LogP contribution in [0.3, 0.4) is 0 Å². The number of carbonyl (C=O) groups is 1. The van der Waals surface area contributed by atoms with Gasteiger partial charge in [0.1, 0.15) is 17.6 Å². The topological polar surface area (TPSA) is 83.6 Å². The average Bonchev–Trinajstić information content (AvgIpc) is 3.17. The molecule has 4 rings (SSSR count). The second-order valence-corrected chi connectivity index (χ2v) is 6.11. The molecule has 2 aromatic carbocycles. The fraction of sp³-hybridized carbons (Fsp3) is 0.0476. The molecule has 2 heterocycles. The summed E-state index contributed by atoms with van der Waals surface area (Å²) >= 11 is 0. The summed E-state index contributed by atoms with van der Waals surface area (Å²) in [6.07, 6.45) is 3.15. The second kappa shape index (κ2) is 7.29. The summed E-state index contributed by atoms with van der Waals surface area (Å²) in [5, 5.41) is 16.8. The summed E-state index contributed by atoms with van der Waals surface area (Å²) in [5.74, 6) is -0.574. The van der Waals surface area contributed by atoms with Crippen LogP contribution in [0.2, 0.25) is 0 Å². The molecular weight excluding hydrogens is 357 g/mol. The minimum Gasteiger partial charge on any atom is -0.348 e. The first-order valence-electron chi connectivity index (χ1n) is 8.51. The van der Waals surface area contributed by atoms with E-state index in [2.05, 4.69) is 15.4 Å². The number of carbonyl (C=O) groups excluding carboxylic acids is 1. The predicted octanol–water partition coefficient (Wildman–Crippen LogP) is 3.36. The van der Waals surface area contributed by atoms with Crippen LogP contribution in [0.1, 0.15) is 21.6 Å². The third kappa shape index (κ3) is 3.31. The van der Waals surface area contributed by atoms with Crippen molar-refractivity contribution >= 4 is 16.8 Å². The maximum absolute atomic E-state index is 13.2. The van der Waals surface area contributed by atoms with Crippen LogP contribution in [0, 0.1) is 17.1 Å². The molecule has 0 unspecified atom stereocenters. The van der Waals surface area contributed by atoms with Gasteiger partial charge < -0.3 is 5.32 Å². The minimum absolute atomic E-state index is 0.250. The lowest BCUT2D eigenvalue weighted by atomic mass is 10.1. The number of fused-ring (bicyclic) bond motifs is 1. The lowest BCUT2D eigenvalue weighted by Gasteiger charge is -2.07. The molecule has 0 radical (unpaired) electrons. The molecule has 6 nitrogen and oxygen atoms in total. The Labute approximate surface area is 159 Å². The van der Waals surface area contributed by atoms with Gasteiger partial charge in [-0.1, -0.05) is 6.07 Å². The first kappa shape index (κ1) is 17.4. The molecule has 0 aliphatic rings. The van der Waals surface area contributed by atoms with Crippen molar-refractivity contribution in [2.24, 2.45) is 0 Å². The van der Waals surface area contributed by atoms with Gasteiger partial charge in [0.25, 0.3) is 5.91 Å². The zero-order valence-corrected chi connectivity index (χ0v) is 14.6. The number of rotatable bonds is 4. The van der Waals surface area contributed by atoms with Crippen molar-refractivity contribution < 1.29 is 9.18 Å². The summed E-state index contributed by atoms with van der Waals surface area (Å²) in [6, 6.07) is 16.7. The van der Waals surface area contributed by atoms with E-state index in [1.165, 1.54) is 18.3 Å². The van der Waals surface area contributed by atoms with Crippen molar-refractivity contribution in [3.05, 3.63) is 89.6 Å². The molecule has 1 N–H and O–H groups in total. The third-order valence-electron chi connectivity index (χ3n) is 4.32. The average molecular weight is 371 g/mol. The van der Waals surface area contributed by atoms with E-state index in [1.807, 2.05) is 12.1 Å². The monoisotopic (exact) mass is 371 g/mol.